The number of carbonyl (C=O) groups excluding carboxylic acids is 1. The second kappa shape index (κ2) is 9.05. The van der Waals surface area contributed by atoms with E-state index in [1.54, 1.807) is 36.0 Å². The van der Waals surface area contributed by atoms with Crippen molar-refractivity contribution in [2.75, 3.05) is 6.26 Å². The number of amides is 1. The van der Waals surface area contributed by atoms with Gasteiger partial charge in [-0.15, -0.1) is 11.8 Å². The predicted molar refractivity (Wildman–Crippen MR) is 104 cm³/mol. The lowest BCUT2D eigenvalue weighted by atomic mass is 9.84. The molecule has 2 N–H and O–H groups in total. The van der Waals surface area contributed by atoms with Crippen molar-refractivity contribution in [3.63, 3.8) is 0 Å². The number of ether oxygens (including phenoxy) is 1. The molecule has 0 aliphatic heterocycles. The van der Waals surface area contributed by atoms with Gasteiger partial charge in [0.25, 0.3) is 5.91 Å². The normalized spacial score (nSPS) is 21.7. The number of benzene rings is 1. The van der Waals surface area contributed by atoms with Crippen molar-refractivity contribution < 1.29 is 23.8 Å². The predicted octanol–water partition coefficient (Wildman–Crippen LogP) is 3.92. The summed E-state index contributed by atoms with van der Waals surface area (Å²) in [6.07, 6.45) is 2.59. The van der Waals surface area contributed by atoms with Crippen LogP contribution in [0.1, 0.15) is 29.6 Å². The number of aliphatic carboxylic acids is 1. The van der Waals surface area contributed by atoms with Gasteiger partial charge < -0.3 is 15.2 Å². The van der Waals surface area contributed by atoms with Gasteiger partial charge >= 0.3 is 5.97 Å². The maximum atomic E-state index is 14.3. The van der Waals surface area contributed by atoms with Crippen LogP contribution in [0.25, 0.3) is 0 Å². The highest BCUT2D eigenvalue weighted by molar-refractivity contribution is 7.98. The average molecular weight is 404 g/mol. The summed E-state index contributed by atoms with van der Waals surface area (Å²) in [6, 6.07) is 9.81. The van der Waals surface area contributed by atoms with E-state index in [1.165, 1.54) is 6.20 Å². The Balaban J connectivity index is 1.69. The molecular formula is C20H21FN2O4S. The van der Waals surface area contributed by atoms with Gasteiger partial charge in [-0.05, 0) is 61.9 Å². The summed E-state index contributed by atoms with van der Waals surface area (Å²) < 4.78 is 20.1. The third-order valence-corrected chi connectivity index (χ3v) is 5.47. The third-order valence-electron chi connectivity index (χ3n) is 4.73. The largest absolute Gasteiger partial charge is 0.481 e. The summed E-state index contributed by atoms with van der Waals surface area (Å²) in [5.74, 6) is -1.53. The minimum atomic E-state index is -1.40. The molecule has 28 heavy (non-hydrogen) atoms. The van der Waals surface area contributed by atoms with Crippen molar-refractivity contribution in [2.24, 2.45) is 5.92 Å². The number of halogens is 1. The molecule has 1 aromatic heterocycles. The zero-order valence-electron chi connectivity index (χ0n) is 15.3. The topological polar surface area (TPSA) is 88.5 Å². The Morgan fingerprint density at radius 2 is 2.00 bits per heavy atom. The second-order valence-electron chi connectivity index (χ2n) is 6.58. The summed E-state index contributed by atoms with van der Waals surface area (Å²) in [5.41, 5.74) is 0.198. The first-order valence-electron chi connectivity index (χ1n) is 8.92. The Morgan fingerprint density at radius 3 is 2.64 bits per heavy atom. The van der Waals surface area contributed by atoms with Crippen LogP contribution in [0.5, 0.6) is 11.6 Å². The monoisotopic (exact) mass is 404 g/mol. The summed E-state index contributed by atoms with van der Waals surface area (Å²) >= 11 is 1.61. The number of carboxylic acids is 1. The van der Waals surface area contributed by atoms with Gasteiger partial charge in [-0.25, -0.2) is 9.37 Å². The first-order chi connectivity index (χ1) is 13.5. The van der Waals surface area contributed by atoms with Gasteiger partial charge in [0.05, 0.1) is 12.0 Å². The van der Waals surface area contributed by atoms with Crippen molar-refractivity contribution in [1.29, 1.82) is 0 Å². The van der Waals surface area contributed by atoms with E-state index in [9.17, 15) is 14.0 Å². The lowest BCUT2D eigenvalue weighted by molar-refractivity contribution is -0.143. The average Bonchev–Trinajstić information content (AvgIpc) is 2.70. The highest BCUT2D eigenvalue weighted by Gasteiger charge is 2.35. The fourth-order valence-electron chi connectivity index (χ4n) is 3.15. The molecule has 148 valence electrons. The minimum Gasteiger partial charge on any atom is -0.481 e. The minimum absolute atomic E-state index is 0.0987. The van der Waals surface area contributed by atoms with Crippen LogP contribution in [0.4, 0.5) is 4.39 Å². The van der Waals surface area contributed by atoms with Crippen LogP contribution < -0.4 is 10.1 Å². The van der Waals surface area contributed by atoms with Crippen LogP contribution in [0.3, 0.4) is 0 Å². The van der Waals surface area contributed by atoms with E-state index in [1.807, 2.05) is 18.4 Å². The lowest BCUT2D eigenvalue weighted by Crippen LogP contribution is -2.46. The molecule has 3 rings (SSSR count). The molecule has 0 spiro atoms. The van der Waals surface area contributed by atoms with Gasteiger partial charge in [-0.3, -0.25) is 9.59 Å². The molecule has 8 heteroatoms. The molecule has 3 atom stereocenters. The molecule has 2 aromatic rings. The number of nitrogens with one attached hydrogen (secondary N) is 1. The molecule has 1 heterocycles. The van der Waals surface area contributed by atoms with E-state index in [-0.39, 0.29) is 24.3 Å². The smallest absolute Gasteiger partial charge is 0.306 e. The SMILES string of the molecule is CSc1ccc(Oc2ncccc2C(=O)N[C@@H]2CC[C@H](C(=O)O)CC2F)cc1. The number of pyridine rings is 1. The number of carboxylic acid groups (broad SMARTS) is 1. The molecule has 1 fully saturated rings. The molecule has 0 bridgehead atoms. The summed E-state index contributed by atoms with van der Waals surface area (Å²) in [7, 11) is 0. The molecule has 0 saturated heterocycles. The van der Waals surface area contributed by atoms with E-state index in [0.717, 1.165) is 4.90 Å². The number of hydrogen-bond donors (Lipinski definition) is 2. The Hall–Kier alpha value is -2.61. The summed E-state index contributed by atoms with van der Waals surface area (Å²) in [6.45, 7) is 0. The molecule has 1 unspecified atom stereocenters. The van der Waals surface area contributed by atoms with Crippen LogP contribution in [0, 0.1) is 5.92 Å². The quantitative estimate of drug-likeness (QED) is 0.710. The number of rotatable bonds is 6. The molecule has 6 nitrogen and oxygen atoms in total. The van der Waals surface area contributed by atoms with Gasteiger partial charge in [0.1, 0.15) is 17.5 Å². The maximum absolute atomic E-state index is 14.3. The van der Waals surface area contributed by atoms with Gasteiger partial charge in [0.2, 0.25) is 5.88 Å². The van der Waals surface area contributed by atoms with Crippen LogP contribution in [0.15, 0.2) is 47.5 Å². The van der Waals surface area contributed by atoms with Crippen molar-refractivity contribution in [3.8, 4) is 11.6 Å². The molecule has 1 saturated carbocycles. The summed E-state index contributed by atoms with van der Waals surface area (Å²) in [4.78, 5) is 28.9. The number of nitrogens with zero attached hydrogens (tertiary/aromatic N) is 1. The Kier molecular flexibility index (Phi) is 6.51. The highest BCUT2D eigenvalue weighted by atomic mass is 32.2. The lowest BCUT2D eigenvalue weighted by Gasteiger charge is -2.30. The number of aromatic nitrogens is 1. The molecule has 1 aliphatic carbocycles. The molecule has 0 radical (unpaired) electrons. The fraction of sp³-hybridized carbons (Fsp3) is 0.350. The first kappa shape index (κ1) is 20.1. The van der Waals surface area contributed by atoms with Crippen LogP contribution in [0.2, 0.25) is 0 Å². The third kappa shape index (κ3) is 4.81. The Bertz CT molecular complexity index is 846. The van der Waals surface area contributed by atoms with Crippen LogP contribution >= 0.6 is 11.8 Å². The first-order valence-corrected chi connectivity index (χ1v) is 10.1. The van der Waals surface area contributed by atoms with Gasteiger partial charge in [0, 0.05) is 11.1 Å². The van der Waals surface area contributed by atoms with Crippen molar-refractivity contribution in [2.45, 2.75) is 36.4 Å². The van der Waals surface area contributed by atoms with Gasteiger partial charge in [-0.1, -0.05) is 0 Å². The Morgan fingerprint density at radius 1 is 1.25 bits per heavy atom. The zero-order valence-corrected chi connectivity index (χ0v) is 16.1. The van der Waals surface area contributed by atoms with Crippen molar-refractivity contribution in [1.82, 2.24) is 10.3 Å². The molecule has 1 amide bonds. The van der Waals surface area contributed by atoms with Crippen LogP contribution in [-0.2, 0) is 4.79 Å². The van der Waals surface area contributed by atoms with E-state index in [0.29, 0.717) is 12.2 Å². The fourth-order valence-corrected chi connectivity index (χ4v) is 3.56. The highest BCUT2D eigenvalue weighted by Crippen LogP contribution is 2.29. The Labute approximate surface area is 166 Å². The summed E-state index contributed by atoms with van der Waals surface area (Å²) in [5, 5.41) is 11.7. The number of alkyl halides is 1. The number of thioether (sulfide) groups is 1. The molecule has 1 aliphatic rings. The molecular weight excluding hydrogens is 383 g/mol. The standard InChI is InChI=1S/C20H21FN2O4S/c1-28-14-7-5-13(6-8-14)27-19-15(3-2-10-22-19)18(24)23-17-9-4-12(20(25)26)11-16(17)21/h2-3,5-8,10,12,16-17H,4,9,11H2,1H3,(H,23,24)(H,25,26)/t12-,16?,17+/m0/s1. The van der Waals surface area contributed by atoms with Gasteiger partial charge in [0.15, 0.2) is 0 Å². The van der Waals surface area contributed by atoms with Crippen molar-refractivity contribution >= 4 is 23.6 Å². The number of hydrogen-bond acceptors (Lipinski definition) is 5. The molecule has 1 aromatic carbocycles. The maximum Gasteiger partial charge on any atom is 0.306 e. The van der Waals surface area contributed by atoms with E-state index in [2.05, 4.69) is 10.3 Å². The second-order valence-corrected chi connectivity index (χ2v) is 7.46. The van der Waals surface area contributed by atoms with E-state index < -0.39 is 30.0 Å². The number of carbonyl (C=O) groups is 2. The van der Waals surface area contributed by atoms with E-state index in [4.69, 9.17) is 9.84 Å². The van der Waals surface area contributed by atoms with Gasteiger partial charge in [-0.2, -0.15) is 0 Å². The van der Waals surface area contributed by atoms with E-state index >= 15 is 0 Å². The zero-order chi connectivity index (χ0) is 20.1. The van der Waals surface area contributed by atoms with Crippen LogP contribution in [-0.4, -0.2) is 40.4 Å². The van der Waals surface area contributed by atoms with Crippen molar-refractivity contribution in [3.05, 3.63) is 48.2 Å².